The van der Waals surface area contributed by atoms with Crippen molar-refractivity contribution in [3.05, 3.63) is 72.4 Å². The van der Waals surface area contributed by atoms with Gasteiger partial charge in [0.15, 0.2) is 0 Å². The number of benzene rings is 3. The van der Waals surface area contributed by atoms with Gasteiger partial charge in [0.25, 0.3) is 0 Å². The lowest BCUT2D eigenvalue weighted by Crippen LogP contribution is -2.52. The molecule has 4 amide bonds. The number of aromatic amines is 2. The van der Waals surface area contributed by atoms with E-state index in [9.17, 15) is 19.2 Å². The average Bonchev–Trinajstić information content (AvgIpc) is 4.04. The van der Waals surface area contributed by atoms with E-state index in [2.05, 4.69) is 80.5 Å². The van der Waals surface area contributed by atoms with Crippen molar-refractivity contribution in [2.75, 3.05) is 20.8 Å². The Kier molecular flexibility index (Phi) is 11.5. The van der Waals surface area contributed by atoms with E-state index in [1.54, 1.807) is 0 Å². The summed E-state index contributed by atoms with van der Waals surface area (Å²) in [5.74, 6) is 1.03. The Labute approximate surface area is 331 Å². The minimum absolute atomic E-state index is 0.0261. The second kappa shape index (κ2) is 16.7. The molecule has 0 spiro atoms. The minimum atomic E-state index is -0.698. The van der Waals surface area contributed by atoms with E-state index in [0.717, 1.165) is 87.9 Å². The molecule has 5 aromatic rings. The molecule has 3 aromatic carbocycles. The molecule has 1 aliphatic heterocycles. The summed E-state index contributed by atoms with van der Waals surface area (Å²) in [7, 11) is 2.58. The van der Waals surface area contributed by atoms with Crippen molar-refractivity contribution in [3.63, 3.8) is 0 Å². The second-order valence-corrected chi connectivity index (χ2v) is 15.8. The van der Waals surface area contributed by atoms with Crippen molar-refractivity contribution in [3.8, 4) is 22.4 Å². The Balaban J connectivity index is 1.05. The van der Waals surface area contributed by atoms with Crippen LogP contribution >= 0.6 is 0 Å². The minimum Gasteiger partial charge on any atom is -0.453 e. The third-order valence-electron chi connectivity index (χ3n) is 11.5. The van der Waals surface area contributed by atoms with Crippen LogP contribution in [0.15, 0.2) is 60.8 Å². The van der Waals surface area contributed by atoms with Gasteiger partial charge in [-0.15, -0.1) is 0 Å². The smallest absolute Gasteiger partial charge is 0.407 e. The number of amides is 4. The number of hydrogen-bond donors (Lipinski definition) is 5. The van der Waals surface area contributed by atoms with Crippen LogP contribution in [0, 0.1) is 11.8 Å². The summed E-state index contributed by atoms with van der Waals surface area (Å²) in [5.41, 5.74) is 5.83. The largest absolute Gasteiger partial charge is 0.453 e. The third kappa shape index (κ3) is 8.16. The van der Waals surface area contributed by atoms with Gasteiger partial charge in [0.1, 0.15) is 23.7 Å². The van der Waals surface area contributed by atoms with Crippen LogP contribution in [-0.2, 0) is 19.1 Å². The average molecular weight is 777 g/mol. The molecule has 2 aliphatic rings. The summed E-state index contributed by atoms with van der Waals surface area (Å²) in [6.45, 7) is 8.18. The molecule has 1 saturated carbocycles. The molecule has 14 heteroatoms. The van der Waals surface area contributed by atoms with E-state index in [1.807, 2.05) is 38.8 Å². The highest BCUT2D eigenvalue weighted by molar-refractivity contribution is 6.05. The van der Waals surface area contributed by atoms with Crippen molar-refractivity contribution in [1.82, 2.24) is 40.8 Å². The summed E-state index contributed by atoms with van der Waals surface area (Å²) >= 11 is 0. The van der Waals surface area contributed by atoms with Gasteiger partial charge in [-0.2, -0.15) is 0 Å². The quantitative estimate of drug-likeness (QED) is 0.0955. The number of alkyl carbamates (subject to hydrolysis) is 2. The van der Waals surface area contributed by atoms with Crippen molar-refractivity contribution in [2.24, 2.45) is 11.8 Å². The van der Waals surface area contributed by atoms with Gasteiger partial charge in [-0.25, -0.2) is 19.6 Å². The molecule has 5 N–H and O–H groups in total. The van der Waals surface area contributed by atoms with Gasteiger partial charge in [-0.3, -0.25) is 9.59 Å². The Morgan fingerprint density at radius 3 is 2.16 bits per heavy atom. The fourth-order valence-electron chi connectivity index (χ4n) is 8.32. The number of hydrogen-bond acceptors (Lipinski definition) is 8. The van der Waals surface area contributed by atoms with Crippen LogP contribution < -0.4 is 16.0 Å². The Bertz CT molecular complexity index is 2260. The van der Waals surface area contributed by atoms with Crippen molar-refractivity contribution < 1.29 is 28.7 Å². The number of rotatable bonds is 11. The number of carbonyl (C=O) groups excluding carboxylic acids is 4. The second-order valence-electron chi connectivity index (χ2n) is 15.8. The Morgan fingerprint density at radius 1 is 0.772 bits per heavy atom. The highest BCUT2D eigenvalue weighted by Gasteiger charge is 2.38. The summed E-state index contributed by atoms with van der Waals surface area (Å²) in [6.07, 6.45) is 4.88. The molecule has 7 rings (SSSR count). The molecule has 3 heterocycles. The van der Waals surface area contributed by atoms with E-state index in [-0.39, 0.29) is 41.7 Å². The van der Waals surface area contributed by atoms with Gasteiger partial charge in [0.2, 0.25) is 11.8 Å². The number of nitrogens with one attached hydrogen (secondary N) is 5. The summed E-state index contributed by atoms with van der Waals surface area (Å²) in [6, 6.07) is 17.2. The van der Waals surface area contributed by atoms with Crippen molar-refractivity contribution >= 4 is 45.8 Å². The molecule has 1 aliphatic carbocycles. The van der Waals surface area contributed by atoms with Crippen LogP contribution in [0.2, 0.25) is 0 Å². The molecule has 1 saturated heterocycles. The molecule has 14 nitrogen and oxygen atoms in total. The number of ether oxygens (including phenoxy) is 2. The van der Waals surface area contributed by atoms with Crippen molar-refractivity contribution in [2.45, 2.75) is 89.9 Å². The van der Waals surface area contributed by atoms with Crippen LogP contribution in [0.5, 0.6) is 0 Å². The predicted molar refractivity (Wildman–Crippen MR) is 217 cm³/mol. The lowest BCUT2D eigenvalue weighted by molar-refractivity contribution is -0.135. The number of imidazole rings is 2. The van der Waals surface area contributed by atoms with E-state index < -0.39 is 24.3 Å². The molecule has 0 bridgehead atoms. The molecular formula is C43H52N8O6. The highest BCUT2D eigenvalue weighted by atomic mass is 16.5. The first-order valence-electron chi connectivity index (χ1n) is 19.8. The van der Waals surface area contributed by atoms with Crippen LogP contribution in [-0.4, -0.2) is 87.7 Å². The van der Waals surface area contributed by atoms with Gasteiger partial charge in [-0.05, 0) is 71.7 Å². The molecule has 300 valence electrons. The Hall–Kier alpha value is -5.92. The third-order valence-corrected chi connectivity index (χ3v) is 11.5. The maximum Gasteiger partial charge on any atom is 0.407 e. The first-order valence-corrected chi connectivity index (χ1v) is 19.8. The number of nitrogens with zero attached hydrogens (tertiary/aromatic N) is 3. The van der Waals surface area contributed by atoms with Gasteiger partial charge in [0.05, 0.1) is 43.2 Å². The standard InChI is InChI=1S/C43H52N8O6/c1-23(2)35(49-42(54)56-5)40(52)47-31-10-7-9-30(31)38-45-32-19-17-28-21-27(16-18-29(28)37(32)48-38)25-12-14-26(15-13-25)33-22-44-39(46-33)34-11-8-20-51(34)41(53)36(24(3)4)50-43(55)57-6/h12-19,21-24,30-31,34-36H,7-11,20H2,1-6H3,(H,44,46)(H,45,48)(H,47,52)(H,49,54)(H,50,55)/t30-,31+,34-,35-,36-/m0/s1. The van der Waals surface area contributed by atoms with Crippen molar-refractivity contribution in [1.29, 1.82) is 0 Å². The van der Waals surface area contributed by atoms with Crippen LogP contribution in [0.25, 0.3) is 44.2 Å². The molecule has 0 unspecified atom stereocenters. The number of likely N-dealkylation sites (tertiary alicyclic amines) is 1. The van der Waals surface area contributed by atoms with Gasteiger partial charge < -0.3 is 40.3 Å². The van der Waals surface area contributed by atoms with Gasteiger partial charge in [0, 0.05) is 23.9 Å². The van der Waals surface area contributed by atoms with Gasteiger partial charge in [-0.1, -0.05) is 76.6 Å². The fraction of sp³-hybridized carbons (Fsp3) is 0.442. The summed E-state index contributed by atoms with van der Waals surface area (Å²) in [5, 5.41) is 10.7. The summed E-state index contributed by atoms with van der Waals surface area (Å²) < 4.78 is 9.50. The molecule has 2 fully saturated rings. The number of carbonyl (C=O) groups is 4. The highest BCUT2D eigenvalue weighted by Crippen LogP contribution is 2.37. The first kappa shape index (κ1) is 39.3. The normalized spacial score (nSPS) is 19.2. The number of H-pyrrole nitrogens is 2. The zero-order chi connectivity index (χ0) is 40.4. The van der Waals surface area contributed by atoms with E-state index in [4.69, 9.17) is 19.4 Å². The molecule has 2 aromatic heterocycles. The SMILES string of the molecule is COC(=O)N[C@H](C(=O)N[C@@H]1CCC[C@@H]1c1nc2c(ccc3cc(-c4ccc(-c5cnc([C@@H]6CCCN6C(=O)[C@@H](NC(=O)OC)C(C)C)[nH]5)cc4)ccc32)[nH]1)C(C)C. The molecular weight excluding hydrogens is 725 g/mol. The monoisotopic (exact) mass is 776 g/mol. The maximum atomic E-state index is 13.6. The van der Waals surface area contributed by atoms with Gasteiger partial charge >= 0.3 is 12.2 Å². The van der Waals surface area contributed by atoms with E-state index in [1.165, 1.54) is 14.2 Å². The predicted octanol–water partition coefficient (Wildman–Crippen LogP) is 6.95. The number of fused-ring (bicyclic) bond motifs is 3. The Morgan fingerprint density at radius 2 is 1.46 bits per heavy atom. The number of methoxy groups -OCH3 is 2. The zero-order valence-corrected chi connectivity index (χ0v) is 33.3. The first-order chi connectivity index (χ1) is 27.4. The fourth-order valence-corrected chi connectivity index (χ4v) is 8.32. The van der Waals surface area contributed by atoms with Crippen LogP contribution in [0.1, 0.15) is 83.4 Å². The van der Waals surface area contributed by atoms with Crippen LogP contribution in [0.4, 0.5) is 9.59 Å². The molecule has 57 heavy (non-hydrogen) atoms. The van der Waals surface area contributed by atoms with Crippen LogP contribution in [0.3, 0.4) is 0 Å². The zero-order valence-electron chi connectivity index (χ0n) is 33.3. The summed E-state index contributed by atoms with van der Waals surface area (Å²) in [4.78, 5) is 69.3. The topological polar surface area (TPSA) is 183 Å². The maximum absolute atomic E-state index is 13.6. The van der Waals surface area contributed by atoms with E-state index in [0.29, 0.717) is 6.54 Å². The lowest BCUT2D eigenvalue weighted by Gasteiger charge is -2.30. The molecule has 5 atom stereocenters. The molecule has 0 radical (unpaired) electrons. The number of aromatic nitrogens is 4. The lowest BCUT2D eigenvalue weighted by atomic mass is 9.99. The van der Waals surface area contributed by atoms with E-state index >= 15 is 0 Å².